The smallest absolute Gasteiger partial charge is 0.0541 e. The fourth-order valence-corrected chi connectivity index (χ4v) is 2.89. The third-order valence-electron chi connectivity index (χ3n) is 3.85. The lowest BCUT2D eigenvalue weighted by atomic mass is 10.2. The van der Waals surface area contributed by atoms with Crippen LogP contribution in [0.3, 0.4) is 0 Å². The van der Waals surface area contributed by atoms with Gasteiger partial charge in [-0.3, -0.25) is 0 Å². The maximum absolute atomic E-state index is 7.19. The van der Waals surface area contributed by atoms with Crippen molar-refractivity contribution in [3.8, 4) is 11.6 Å². The molecule has 4 aromatic rings. The van der Waals surface area contributed by atoms with Gasteiger partial charge in [-0.05, 0) is 42.8 Å². The van der Waals surface area contributed by atoms with E-state index >= 15 is 0 Å². The summed E-state index contributed by atoms with van der Waals surface area (Å²) in [6, 6.07) is 24.8. The van der Waals surface area contributed by atoms with E-state index in [-0.39, 0.29) is 0 Å². The van der Waals surface area contributed by atoms with E-state index in [9.17, 15) is 0 Å². The average Bonchev–Trinajstić information content (AvgIpc) is 2.90. The molecule has 0 unspecified atom stereocenters. The highest BCUT2D eigenvalue weighted by Gasteiger charge is 2.10. The Bertz CT molecular complexity index is 929. The SMILES string of the molecule is [C]#Cc1ccc(-n2c3ccccc3c3ccccc32)cc1. The molecule has 0 amide bonds. The zero-order valence-corrected chi connectivity index (χ0v) is 11.4. The number of rotatable bonds is 1. The van der Waals surface area contributed by atoms with Gasteiger partial charge in [0.05, 0.1) is 11.0 Å². The summed E-state index contributed by atoms with van der Waals surface area (Å²) in [6.07, 6.45) is 7.19. The predicted molar refractivity (Wildman–Crippen MR) is 87.0 cm³/mol. The average molecular weight is 266 g/mol. The van der Waals surface area contributed by atoms with Crippen LogP contribution in [0.1, 0.15) is 5.56 Å². The molecule has 0 bridgehead atoms. The van der Waals surface area contributed by atoms with Crippen LogP contribution in [0.15, 0.2) is 72.8 Å². The Morgan fingerprint density at radius 3 is 1.71 bits per heavy atom. The van der Waals surface area contributed by atoms with E-state index in [1.165, 1.54) is 21.8 Å². The molecule has 0 saturated heterocycles. The Kier molecular flexibility index (Phi) is 2.55. The molecular weight excluding hydrogens is 254 g/mol. The zero-order chi connectivity index (χ0) is 14.2. The topological polar surface area (TPSA) is 4.93 Å². The lowest BCUT2D eigenvalue weighted by molar-refractivity contribution is 1.18. The van der Waals surface area contributed by atoms with Gasteiger partial charge in [-0.25, -0.2) is 0 Å². The zero-order valence-electron chi connectivity index (χ0n) is 11.4. The molecule has 0 fully saturated rings. The second-order valence-electron chi connectivity index (χ2n) is 5.04. The second-order valence-corrected chi connectivity index (χ2v) is 5.04. The summed E-state index contributed by atoms with van der Waals surface area (Å²) in [5.41, 5.74) is 4.29. The van der Waals surface area contributed by atoms with Crippen molar-refractivity contribution in [1.29, 1.82) is 0 Å². The van der Waals surface area contributed by atoms with E-state index in [0.717, 1.165) is 11.3 Å². The van der Waals surface area contributed by atoms with Gasteiger partial charge in [0.2, 0.25) is 0 Å². The van der Waals surface area contributed by atoms with Gasteiger partial charge in [-0.15, -0.1) is 0 Å². The van der Waals surface area contributed by atoms with Gasteiger partial charge in [-0.1, -0.05) is 42.3 Å². The molecule has 21 heavy (non-hydrogen) atoms. The van der Waals surface area contributed by atoms with Crippen molar-refractivity contribution in [3.05, 3.63) is 84.8 Å². The summed E-state index contributed by atoms with van der Waals surface area (Å²) < 4.78 is 2.26. The van der Waals surface area contributed by atoms with Crippen LogP contribution in [0.4, 0.5) is 0 Å². The summed E-state index contributed by atoms with van der Waals surface area (Å²) in [4.78, 5) is 0. The van der Waals surface area contributed by atoms with Crippen LogP contribution in [0.25, 0.3) is 27.5 Å². The van der Waals surface area contributed by atoms with Crippen LogP contribution in [0.5, 0.6) is 0 Å². The number of aromatic nitrogens is 1. The molecule has 0 spiro atoms. The minimum Gasteiger partial charge on any atom is -0.309 e. The van der Waals surface area contributed by atoms with Crippen molar-refractivity contribution in [2.45, 2.75) is 0 Å². The van der Waals surface area contributed by atoms with Crippen molar-refractivity contribution in [1.82, 2.24) is 4.57 Å². The highest BCUT2D eigenvalue weighted by atomic mass is 15.0. The fourth-order valence-electron chi connectivity index (χ4n) is 2.89. The second kappa shape index (κ2) is 4.54. The van der Waals surface area contributed by atoms with Crippen LogP contribution in [0.2, 0.25) is 0 Å². The van der Waals surface area contributed by atoms with Crippen molar-refractivity contribution in [2.75, 3.05) is 0 Å². The van der Waals surface area contributed by atoms with Crippen molar-refractivity contribution in [2.24, 2.45) is 0 Å². The lowest BCUT2D eigenvalue weighted by Crippen LogP contribution is -1.93. The third-order valence-corrected chi connectivity index (χ3v) is 3.85. The number of benzene rings is 3. The first-order chi connectivity index (χ1) is 10.4. The summed E-state index contributed by atoms with van der Waals surface area (Å²) in [5.74, 6) is 2.41. The van der Waals surface area contributed by atoms with Crippen molar-refractivity contribution in [3.63, 3.8) is 0 Å². The van der Waals surface area contributed by atoms with Gasteiger partial charge in [0.15, 0.2) is 0 Å². The summed E-state index contributed by atoms with van der Waals surface area (Å²) in [7, 11) is 0. The number of nitrogens with zero attached hydrogens (tertiary/aromatic N) is 1. The van der Waals surface area contributed by atoms with Gasteiger partial charge in [0.1, 0.15) is 0 Å². The lowest BCUT2D eigenvalue weighted by Gasteiger charge is -2.07. The predicted octanol–water partition coefficient (Wildman–Crippen LogP) is 4.72. The molecule has 1 heteroatoms. The molecule has 0 aliphatic carbocycles. The normalized spacial score (nSPS) is 10.8. The molecule has 0 N–H and O–H groups in total. The van der Waals surface area contributed by atoms with Gasteiger partial charge in [0, 0.05) is 22.0 Å². The summed E-state index contributed by atoms with van der Waals surface area (Å²) in [5, 5.41) is 2.52. The van der Waals surface area contributed by atoms with Gasteiger partial charge >= 0.3 is 0 Å². The molecule has 0 aliphatic rings. The van der Waals surface area contributed by atoms with Gasteiger partial charge in [-0.2, -0.15) is 0 Å². The molecule has 3 aromatic carbocycles. The van der Waals surface area contributed by atoms with Crippen LogP contribution >= 0.6 is 0 Å². The summed E-state index contributed by atoms with van der Waals surface area (Å²) in [6.45, 7) is 0. The van der Waals surface area contributed by atoms with Gasteiger partial charge in [0.25, 0.3) is 0 Å². The van der Waals surface area contributed by atoms with E-state index in [1.807, 2.05) is 24.3 Å². The number of para-hydroxylation sites is 2. The van der Waals surface area contributed by atoms with Gasteiger partial charge < -0.3 is 4.57 Å². The highest BCUT2D eigenvalue weighted by Crippen LogP contribution is 2.31. The molecule has 1 radical (unpaired) electrons. The molecule has 1 aromatic heterocycles. The Balaban J connectivity index is 2.12. The number of hydrogen-bond acceptors (Lipinski definition) is 0. The minimum absolute atomic E-state index is 0.791. The van der Waals surface area contributed by atoms with E-state index in [4.69, 9.17) is 6.42 Å². The highest BCUT2D eigenvalue weighted by molar-refractivity contribution is 6.09. The first-order valence-electron chi connectivity index (χ1n) is 6.90. The van der Waals surface area contributed by atoms with Crippen LogP contribution in [-0.2, 0) is 0 Å². The molecule has 1 heterocycles. The van der Waals surface area contributed by atoms with Crippen LogP contribution in [0, 0.1) is 12.3 Å². The standard InChI is InChI=1S/C20H12N/c1-2-15-11-13-16(14-12-15)21-19-9-5-3-7-17(19)18-8-4-6-10-20(18)21/h3-14H. The Morgan fingerprint density at radius 1 is 0.667 bits per heavy atom. The molecule has 0 aliphatic heterocycles. The summed E-state index contributed by atoms with van der Waals surface area (Å²) >= 11 is 0. The van der Waals surface area contributed by atoms with E-state index < -0.39 is 0 Å². The van der Waals surface area contributed by atoms with E-state index in [2.05, 4.69) is 59.0 Å². The third kappa shape index (κ3) is 1.74. The Morgan fingerprint density at radius 2 is 1.19 bits per heavy atom. The molecule has 0 saturated carbocycles. The van der Waals surface area contributed by atoms with Crippen molar-refractivity contribution >= 4 is 21.8 Å². The molecule has 0 atom stereocenters. The van der Waals surface area contributed by atoms with Crippen LogP contribution < -0.4 is 0 Å². The number of hydrogen-bond donors (Lipinski definition) is 0. The van der Waals surface area contributed by atoms with E-state index in [1.54, 1.807) is 0 Å². The fraction of sp³-hybridized carbons (Fsp3) is 0. The largest absolute Gasteiger partial charge is 0.309 e. The maximum Gasteiger partial charge on any atom is 0.0541 e. The molecule has 4 rings (SSSR count). The Hall–Kier alpha value is -2.98. The molecule has 1 nitrogen and oxygen atoms in total. The van der Waals surface area contributed by atoms with E-state index in [0.29, 0.717) is 0 Å². The number of fused-ring (bicyclic) bond motifs is 3. The molecular formula is C20H12N. The van der Waals surface area contributed by atoms with Crippen molar-refractivity contribution < 1.29 is 0 Å². The first-order valence-corrected chi connectivity index (χ1v) is 6.90. The quantitative estimate of drug-likeness (QED) is 0.439. The maximum atomic E-state index is 7.19. The molecule has 97 valence electrons. The monoisotopic (exact) mass is 266 g/mol. The Labute approximate surface area is 123 Å². The van der Waals surface area contributed by atoms with Crippen LogP contribution in [-0.4, -0.2) is 4.57 Å². The minimum atomic E-state index is 0.791. The first kappa shape index (κ1) is 11.8.